The molecule has 0 amide bonds. The summed E-state index contributed by atoms with van der Waals surface area (Å²) in [4.78, 5) is 18.5. The van der Waals surface area contributed by atoms with Crippen LogP contribution in [0, 0.1) is 6.92 Å². The summed E-state index contributed by atoms with van der Waals surface area (Å²) in [5.41, 5.74) is 3.37. The Labute approximate surface area is 247 Å². The molecule has 0 unspecified atom stereocenters. The molecule has 1 N–H and O–H groups in total. The van der Waals surface area contributed by atoms with E-state index in [1.807, 2.05) is 25.1 Å². The van der Waals surface area contributed by atoms with Gasteiger partial charge in [-0.1, -0.05) is 55.2 Å². The molecule has 4 aromatic rings. The minimum atomic E-state index is -4.94. The highest BCUT2D eigenvalue weighted by molar-refractivity contribution is 5.89. The van der Waals surface area contributed by atoms with Crippen molar-refractivity contribution in [1.82, 2.24) is 19.7 Å². The first-order valence-electron chi connectivity index (χ1n) is 14.6. The molecule has 6 rings (SSSR count). The zero-order chi connectivity index (χ0) is 30.1. The molecule has 1 fully saturated rings. The van der Waals surface area contributed by atoms with E-state index in [0.717, 1.165) is 30.6 Å². The lowest BCUT2D eigenvalue weighted by molar-refractivity contribution is -0.143. The van der Waals surface area contributed by atoms with Crippen molar-refractivity contribution in [2.24, 2.45) is 0 Å². The van der Waals surface area contributed by atoms with E-state index in [-0.39, 0.29) is 5.82 Å². The van der Waals surface area contributed by atoms with E-state index in [1.54, 1.807) is 12.1 Å². The number of aromatic nitrogens is 3. The first-order chi connectivity index (χ1) is 20.7. The van der Waals surface area contributed by atoms with Crippen molar-refractivity contribution in [3.05, 3.63) is 94.3 Å². The fourth-order valence-electron chi connectivity index (χ4n) is 6.25. The minimum absolute atomic E-state index is 0.151. The van der Waals surface area contributed by atoms with Gasteiger partial charge in [-0.05, 0) is 67.1 Å². The van der Waals surface area contributed by atoms with Crippen molar-refractivity contribution in [3.8, 4) is 22.8 Å². The van der Waals surface area contributed by atoms with Crippen molar-refractivity contribution in [1.29, 1.82) is 0 Å². The Hall–Kier alpha value is -4.18. The smallest absolute Gasteiger partial charge is 0.434 e. The number of aryl methyl sites for hydroxylation is 1. The summed E-state index contributed by atoms with van der Waals surface area (Å²) in [6.45, 7) is 4.30. The largest absolute Gasteiger partial charge is 0.488 e. The molecule has 2 aliphatic rings. The van der Waals surface area contributed by atoms with Gasteiger partial charge >= 0.3 is 12.1 Å². The summed E-state index contributed by atoms with van der Waals surface area (Å²) >= 11 is 0. The molecule has 2 aromatic carbocycles. The van der Waals surface area contributed by atoms with E-state index >= 15 is 0 Å². The molecule has 3 heterocycles. The van der Waals surface area contributed by atoms with Crippen molar-refractivity contribution >= 4 is 5.97 Å². The van der Waals surface area contributed by atoms with Crippen molar-refractivity contribution in [3.63, 3.8) is 0 Å². The molecule has 0 spiro atoms. The highest BCUT2D eigenvalue weighted by atomic mass is 19.4. The van der Waals surface area contributed by atoms with Crippen molar-refractivity contribution in [2.75, 3.05) is 6.54 Å². The number of rotatable bonds is 7. The van der Waals surface area contributed by atoms with Crippen LogP contribution in [0.3, 0.4) is 0 Å². The van der Waals surface area contributed by atoms with Gasteiger partial charge in [0.2, 0.25) is 0 Å². The number of carboxylic acid groups (broad SMARTS) is 1. The van der Waals surface area contributed by atoms with Gasteiger partial charge in [0.05, 0.1) is 11.9 Å². The lowest BCUT2D eigenvalue weighted by Gasteiger charge is -2.37. The number of pyridine rings is 1. The molecule has 1 aliphatic carbocycles. The fourth-order valence-corrected chi connectivity index (χ4v) is 6.25. The second-order valence-corrected chi connectivity index (χ2v) is 11.4. The first kappa shape index (κ1) is 28.9. The quantitative estimate of drug-likeness (QED) is 0.245. The number of aromatic carboxylic acids is 1. The average molecular weight is 591 g/mol. The summed E-state index contributed by atoms with van der Waals surface area (Å²) in [6, 6.07) is 17.4. The van der Waals surface area contributed by atoms with Crippen LogP contribution in [0.4, 0.5) is 13.2 Å². The predicted molar refractivity (Wildman–Crippen MR) is 155 cm³/mol. The summed E-state index contributed by atoms with van der Waals surface area (Å²) in [6.07, 6.45) is 3.37. The third-order valence-corrected chi connectivity index (χ3v) is 8.43. The molecule has 2 aromatic heterocycles. The number of carbonyl (C=O) groups is 1. The summed E-state index contributed by atoms with van der Waals surface area (Å²) in [5.74, 6) is -1.33. The molecule has 1 aliphatic heterocycles. The second-order valence-electron chi connectivity index (χ2n) is 11.4. The highest BCUT2D eigenvalue weighted by Gasteiger charge is 2.41. The minimum Gasteiger partial charge on any atom is -0.488 e. The molecule has 0 atom stereocenters. The van der Waals surface area contributed by atoms with Crippen molar-refractivity contribution in [2.45, 2.75) is 70.8 Å². The molecule has 43 heavy (non-hydrogen) atoms. The van der Waals surface area contributed by atoms with Crippen LogP contribution in [0.1, 0.15) is 70.4 Å². The molecule has 224 valence electrons. The molecular weight excluding hydrogens is 557 g/mol. The molecule has 0 bridgehead atoms. The lowest BCUT2D eigenvalue weighted by Crippen LogP contribution is -2.40. The van der Waals surface area contributed by atoms with Crippen molar-refractivity contribution < 1.29 is 27.8 Å². The number of ether oxygens (including phenoxy) is 1. The number of hydrogen-bond donors (Lipinski definition) is 1. The predicted octanol–water partition coefficient (Wildman–Crippen LogP) is 7.23. The Morgan fingerprint density at radius 2 is 1.86 bits per heavy atom. The number of hydrogen-bond acceptors (Lipinski definition) is 5. The standard InChI is InChI=1S/C33H33F3N4O3/c1-21-10-13-29(43-20-22-11-12-24-19-39(15-14-23(24)17-22)25-6-3-2-4-7-25)26(16-21)28-8-5-9-30(38-28)40-31(33(34,35)36)27(18-37-40)32(41)42/h5,8-13,16-18,25H,2-4,6-7,14-15,19-20H2,1H3,(H,41,42). The Bertz CT molecular complexity index is 1640. The van der Waals surface area contributed by atoms with Gasteiger partial charge in [-0.2, -0.15) is 18.3 Å². The second kappa shape index (κ2) is 11.8. The third-order valence-electron chi connectivity index (χ3n) is 8.43. The SMILES string of the molecule is Cc1ccc(OCc2ccc3c(c2)CCN(C2CCCCC2)C3)c(-c2cccc(-n3ncc(C(=O)O)c3C(F)(F)F)n2)c1. The van der Waals surface area contributed by atoms with Gasteiger partial charge < -0.3 is 9.84 Å². The van der Waals surface area contributed by atoms with Gasteiger partial charge in [-0.3, -0.25) is 4.90 Å². The van der Waals surface area contributed by atoms with Gasteiger partial charge in [0.25, 0.3) is 0 Å². The van der Waals surface area contributed by atoms with E-state index < -0.39 is 23.4 Å². The molecule has 10 heteroatoms. The van der Waals surface area contributed by atoms with Gasteiger partial charge in [-0.15, -0.1) is 0 Å². The zero-order valence-electron chi connectivity index (χ0n) is 23.9. The van der Waals surface area contributed by atoms with Gasteiger partial charge in [0.15, 0.2) is 11.5 Å². The Morgan fingerprint density at radius 1 is 1.05 bits per heavy atom. The molecule has 0 radical (unpaired) electrons. The molecule has 1 saturated carbocycles. The maximum Gasteiger partial charge on any atom is 0.434 e. The molecule has 0 saturated heterocycles. The third kappa shape index (κ3) is 6.15. The van der Waals surface area contributed by atoms with Crippen LogP contribution in [0.25, 0.3) is 17.1 Å². The number of alkyl halides is 3. The fraction of sp³-hybridized carbons (Fsp3) is 0.364. The summed E-state index contributed by atoms with van der Waals surface area (Å²) < 4.78 is 48.3. The van der Waals surface area contributed by atoms with Crippen LogP contribution in [0.15, 0.2) is 60.8 Å². The number of nitrogens with zero attached hydrogens (tertiary/aromatic N) is 4. The number of carboxylic acids is 1. The van der Waals surface area contributed by atoms with Crippen LogP contribution in [-0.4, -0.2) is 43.3 Å². The molecular formula is C33H33F3N4O3. The van der Waals surface area contributed by atoms with Gasteiger partial charge in [0, 0.05) is 24.7 Å². The highest BCUT2D eigenvalue weighted by Crippen LogP contribution is 2.35. The van der Waals surface area contributed by atoms with Crippen LogP contribution in [0.2, 0.25) is 0 Å². The van der Waals surface area contributed by atoms with E-state index in [4.69, 9.17) is 4.74 Å². The molecule has 7 nitrogen and oxygen atoms in total. The van der Waals surface area contributed by atoms with E-state index in [9.17, 15) is 23.1 Å². The zero-order valence-corrected chi connectivity index (χ0v) is 23.9. The van der Waals surface area contributed by atoms with Crippen LogP contribution in [-0.2, 0) is 25.7 Å². The monoisotopic (exact) mass is 590 g/mol. The van der Waals surface area contributed by atoms with Crippen LogP contribution < -0.4 is 4.74 Å². The Balaban J connectivity index is 1.23. The average Bonchev–Trinajstić information content (AvgIpc) is 3.48. The summed E-state index contributed by atoms with van der Waals surface area (Å²) in [7, 11) is 0. The van der Waals surface area contributed by atoms with Crippen LogP contribution >= 0.6 is 0 Å². The van der Waals surface area contributed by atoms with E-state index in [0.29, 0.717) is 40.5 Å². The Kier molecular flexibility index (Phi) is 7.96. The van der Waals surface area contributed by atoms with E-state index in [1.165, 1.54) is 49.3 Å². The number of halogens is 3. The first-order valence-corrected chi connectivity index (χ1v) is 14.6. The Morgan fingerprint density at radius 3 is 2.63 bits per heavy atom. The van der Waals surface area contributed by atoms with Gasteiger partial charge in [0.1, 0.15) is 17.9 Å². The van der Waals surface area contributed by atoms with Crippen LogP contribution in [0.5, 0.6) is 5.75 Å². The van der Waals surface area contributed by atoms with E-state index in [2.05, 4.69) is 33.2 Å². The lowest BCUT2D eigenvalue weighted by atomic mass is 9.90. The maximum atomic E-state index is 13.8. The number of fused-ring (bicyclic) bond motifs is 1. The summed E-state index contributed by atoms with van der Waals surface area (Å²) in [5, 5.41) is 13.0. The normalized spacial score (nSPS) is 16.2. The topological polar surface area (TPSA) is 80.5 Å². The van der Waals surface area contributed by atoms with Gasteiger partial charge in [-0.25, -0.2) is 14.5 Å². The number of benzene rings is 2. The maximum absolute atomic E-state index is 13.8.